The van der Waals surface area contributed by atoms with E-state index in [4.69, 9.17) is 0 Å². The van der Waals surface area contributed by atoms with Crippen molar-refractivity contribution in [3.63, 3.8) is 0 Å². The molecule has 0 unspecified atom stereocenters. The number of benzene rings is 2. The smallest absolute Gasteiger partial charge is 0.0365 e. The van der Waals surface area contributed by atoms with Gasteiger partial charge in [-0.25, -0.2) is 0 Å². The fourth-order valence-electron chi connectivity index (χ4n) is 2.07. The molecule has 0 aliphatic heterocycles. The lowest BCUT2D eigenvalue weighted by Gasteiger charge is -2.20. The Labute approximate surface area is 130 Å². The van der Waals surface area contributed by atoms with E-state index in [-0.39, 0.29) is 0 Å². The molecule has 0 fully saturated rings. The fourth-order valence-corrected chi connectivity index (χ4v) is 2.07. The van der Waals surface area contributed by atoms with Gasteiger partial charge in [-0.05, 0) is 45.0 Å². The maximum atomic E-state index is 2.33. The van der Waals surface area contributed by atoms with Crippen molar-refractivity contribution >= 4 is 11.4 Å². The maximum Gasteiger partial charge on any atom is 0.0365 e. The summed E-state index contributed by atoms with van der Waals surface area (Å²) in [6, 6.07) is 19.0. The molecule has 0 amide bonds. The molecular weight excluding hydrogens is 256 g/mol. The van der Waals surface area contributed by atoms with Crippen molar-refractivity contribution in [1.29, 1.82) is 0 Å². The van der Waals surface area contributed by atoms with Gasteiger partial charge in [0.1, 0.15) is 0 Å². The summed E-state index contributed by atoms with van der Waals surface area (Å²) >= 11 is 0. The predicted octanol–water partition coefficient (Wildman–Crippen LogP) is 4.59. The molecular formula is C19H28N2. The summed E-state index contributed by atoms with van der Waals surface area (Å²) in [5, 5.41) is 0. The molecule has 2 aromatic rings. The Morgan fingerprint density at radius 2 is 1.24 bits per heavy atom. The molecule has 2 nitrogen and oxygen atoms in total. The van der Waals surface area contributed by atoms with Gasteiger partial charge in [0.2, 0.25) is 0 Å². The van der Waals surface area contributed by atoms with Crippen LogP contribution >= 0.6 is 0 Å². The van der Waals surface area contributed by atoms with Crippen molar-refractivity contribution in [2.45, 2.75) is 20.8 Å². The van der Waals surface area contributed by atoms with Crippen molar-refractivity contribution < 1.29 is 0 Å². The van der Waals surface area contributed by atoms with Gasteiger partial charge in [-0.2, -0.15) is 0 Å². The van der Waals surface area contributed by atoms with E-state index in [1.807, 2.05) is 20.2 Å². The van der Waals surface area contributed by atoms with Gasteiger partial charge in [0.05, 0.1) is 0 Å². The molecule has 0 N–H and O–H groups in total. The Kier molecular flexibility index (Phi) is 7.38. The van der Waals surface area contributed by atoms with Crippen LogP contribution in [0.15, 0.2) is 54.6 Å². The Hall–Kier alpha value is -1.96. The van der Waals surface area contributed by atoms with Crippen LogP contribution in [0.4, 0.5) is 11.4 Å². The van der Waals surface area contributed by atoms with E-state index in [1.165, 1.54) is 16.9 Å². The number of rotatable bonds is 4. The molecule has 0 saturated carbocycles. The molecule has 0 aromatic heterocycles. The van der Waals surface area contributed by atoms with Crippen LogP contribution in [-0.4, -0.2) is 27.2 Å². The second-order valence-corrected chi connectivity index (χ2v) is 5.24. The number of hydrogen-bond donors (Lipinski definition) is 0. The van der Waals surface area contributed by atoms with E-state index in [0.717, 1.165) is 13.1 Å². The average Bonchev–Trinajstić information content (AvgIpc) is 2.51. The van der Waals surface area contributed by atoms with Crippen molar-refractivity contribution in [3.05, 3.63) is 60.2 Å². The molecule has 2 heteroatoms. The summed E-state index contributed by atoms with van der Waals surface area (Å²) in [7, 11) is 4.09. The topological polar surface area (TPSA) is 6.48 Å². The zero-order valence-electron chi connectivity index (χ0n) is 14.0. The Morgan fingerprint density at radius 3 is 1.67 bits per heavy atom. The third-order valence-corrected chi connectivity index (χ3v) is 3.44. The van der Waals surface area contributed by atoms with Crippen LogP contribution in [0.3, 0.4) is 0 Å². The molecule has 0 saturated heterocycles. The van der Waals surface area contributed by atoms with E-state index in [9.17, 15) is 0 Å². The highest BCUT2D eigenvalue weighted by atomic mass is 15.1. The molecule has 21 heavy (non-hydrogen) atoms. The summed E-state index contributed by atoms with van der Waals surface area (Å²) in [6.07, 6.45) is 0. The molecule has 2 rings (SSSR count). The summed E-state index contributed by atoms with van der Waals surface area (Å²) in [6.45, 7) is 8.62. The summed E-state index contributed by atoms with van der Waals surface area (Å²) in [4.78, 5) is 4.43. The molecule has 0 heterocycles. The van der Waals surface area contributed by atoms with Crippen LogP contribution in [0.25, 0.3) is 0 Å². The summed E-state index contributed by atoms with van der Waals surface area (Å²) in [5.74, 6) is 0. The first kappa shape index (κ1) is 17.1. The lowest BCUT2D eigenvalue weighted by atomic mass is 10.2. The Bertz CT molecular complexity index is 485. The second kappa shape index (κ2) is 9.06. The lowest BCUT2D eigenvalue weighted by Crippen LogP contribution is -2.21. The molecule has 0 radical (unpaired) electrons. The third kappa shape index (κ3) is 5.90. The van der Waals surface area contributed by atoms with Crippen molar-refractivity contribution in [2.24, 2.45) is 0 Å². The minimum absolute atomic E-state index is 1.08. The van der Waals surface area contributed by atoms with E-state index >= 15 is 0 Å². The molecule has 0 atom stereocenters. The van der Waals surface area contributed by atoms with Gasteiger partial charge in [-0.1, -0.05) is 35.9 Å². The van der Waals surface area contributed by atoms with Gasteiger partial charge in [0.25, 0.3) is 0 Å². The maximum absolute atomic E-state index is 2.33. The van der Waals surface area contributed by atoms with Gasteiger partial charge in [0, 0.05) is 38.6 Å². The average molecular weight is 284 g/mol. The van der Waals surface area contributed by atoms with Gasteiger partial charge in [0.15, 0.2) is 0 Å². The highest BCUT2D eigenvalue weighted by Crippen LogP contribution is 2.11. The Morgan fingerprint density at radius 1 is 0.714 bits per heavy atom. The summed E-state index contributed by atoms with van der Waals surface area (Å²) in [5.41, 5.74) is 3.88. The number of para-hydroxylation sites is 1. The zero-order valence-corrected chi connectivity index (χ0v) is 14.0. The molecule has 0 spiro atoms. The van der Waals surface area contributed by atoms with E-state index < -0.39 is 0 Å². The SMILES string of the molecule is CCN(CC)c1ccccc1.Cc1ccc(N(C)C)cc1. The molecule has 114 valence electrons. The van der Waals surface area contributed by atoms with Crippen LogP contribution in [0, 0.1) is 6.92 Å². The Balaban J connectivity index is 0.000000211. The van der Waals surface area contributed by atoms with Gasteiger partial charge in [-0.3, -0.25) is 0 Å². The first-order chi connectivity index (χ1) is 10.1. The molecule has 2 aromatic carbocycles. The summed E-state index contributed by atoms with van der Waals surface area (Å²) < 4.78 is 0. The molecule has 0 bridgehead atoms. The second-order valence-electron chi connectivity index (χ2n) is 5.24. The number of hydrogen-bond acceptors (Lipinski definition) is 2. The first-order valence-corrected chi connectivity index (χ1v) is 7.62. The molecule has 0 aliphatic carbocycles. The lowest BCUT2D eigenvalue weighted by molar-refractivity contribution is 0.866. The van der Waals surface area contributed by atoms with Crippen LogP contribution in [-0.2, 0) is 0 Å². The minimum atomic E-state index is 1.08. The fraction of sp³-hybridized carbons (Fsp3) is 0.368. The first-order valence-electron chi connectivity index (χ1n) is 7.62. The zero-order chi connectivity index (χ0) is 15.7. The minimum Gasteiger partial charge on any atom is -0.378 e. The number of aryl methyl sites for hydroxylation is 1. The standard InChI is InChI=1S/C10H15N.C9H13N/c1-3-11(4-2)10-8-6-5-7-9-10;1-8-4-6-9(7-5-8)10(2)3/h5-9H,3-4H2,1-2H3;4-7H,1-3H3. The third-order valence-electron chi connectivity index (χ3n) is 3.44. The van der Waals surface area contributed by atoms with Crippen molar-refractivity contribution in [3.8, 4) is 0 Å². The van der Waals surface area contributed by atoms with Gasteiger partial charge in [-0.15, -0.1) is 0 Å². The van der Waals surface area contributed by atoms with Crippen LogP contribution < -0.4 is 9.80 Å². The number of anilines is 2. The highest BCUT2D eigenvalue weighted by Gasteiger charge is 1.97. The van der Waals surface area contributed by atoms with Crippen LogP contribution in [0.1, 0.15) is 19.4 Å². The van der Waals surface area contributed by atoms with Gasteiger partial charge < -0.3 is 9.80 Å². The van der Waals surface area contributed by atoms with E-state index in [0.29, 0.717) is 0 Å². The van der Waals surface area contributed by atoms with E-state index in [2.05, 4.69) is 79.1 Å². The monoisotopic (exact) mass is 284 g/mol. The molecule has 0 aliphatic rings. The normalized spacial score (nSPS) is 9.57. The van der Waals surface area contributed by atoms with Crippen LogP contribution in [0.5, 0.6) is 0 Å². The largest absolute Gasteiger partial charge is 0.378 e. The highest BCUT2D eigenvalue weighted by molar-refractivity contribution is 5.46. The van der Waals surface area contributed by atoms with Crippen molar-refractivity contribution in [1.82, 2.24) is 0 Å². The quantitative estimate of drug-likeness (QED) is 0.810. The van der Waals surface area contributed by atoms with Crippen molar-refractivity contribution in [2.75, 3.05) is 37.0 Å². The number of nitrogens with zero attached hydrogens (tertiary/aromatic N) is 2. The van der Waals surface area contributed by atoms with E-state index in [1.54, 1.807) is 0 Å². The predicted molar refractivity (Wildman–Crippen MR) is 95.5 cm³/mol. The van der Waals surface area contributed by atoms with Gasteiger partial charge >= 0.3 is 0 Å². The van der Waals surface area contributed by atoms with Crippen LogP contribution in [0.2, 0.25) is 0 Å².